The molecule has 0 atom stereocenters. The smallest absolute Gasteiger partial charge is 0.317 e. The molecule has 1 aliphatic rings. The van der Waals surface area contributed by atoms with Crippen LogP contribution in [0.15, 0.2) is 30.3 Å². The molecule has 0 saturated carbocycles. The van der Waals surface area contributed by atoms with Gasteiger partial charge in [-0.25, -0.2) is 0 Å². The summed E-state index contributed by atoms with van der Waals surface area (Å²) >= 11 is 0. The van der Waals surface area contributed by atoms with Gasteiger partial charge in [0.1, 0.15) is 0 Å². The lowest BCUT2D eigenvalue weighted by Crippen LogP contribution is -2.47. The number of benzene rings is 1. The van der Waals surface area contributed by atoms with Gasteiger partial charge in [0.25, 0.3) is 0 Å². The summed E-state index contributed by atoms with van der Waals surface area (Å²) in [6, 6.07) is 10.2. The van der Waals surface area contributed by atoms with Gasteiger partial charge in [-0.05, 0) is 31.4 Å². The van der Waals surface area contributed by atoms with Crippen molar-refractivity contribution in [1.82, 2.24) is 10.2 Å². The Morgan fingerprint density at radius 3 is 2.42 bits per heavy atom. The topological polar surface area (TPSA) is 78.9 Å². The average Bonchev–Trinajstić information content (AvgIpc) is 2.61. The van der Waals surface area contributed by atoms with Crippen molar-refractivity contribution in [2.45, 2.75) is 31.6 Å². The molecular formula is C19H29ClN2O4. The van der Waals surface area contributed by atoms with Gasteiger partial charge in [-0.3, -0.25) is 14.5 Å². The van der Waals surface area contributed by atoms with Crippen LogP contribution < -0.4 is 5.32 Å². The van der Waals surface area contributed by atoms with Crippen molar-refractivity contribution in [3.8, 4) is 0 Å². The second-order valence-electron chi connectivity index (χ2n) is 6.64. The molecule has 0 aromatic heterocycles. The van der Waals surface area contributed by atoms with Crippen molar-refractivity contribution in [3.63, 3.8) is 0 Å². The Bertz CT molecular complexity index is 562. The fourth-order valence-corrected chi connectivity index (χ4v) is 3.37. The molecule has 0 bridgehead atoms. The van der Waals surface area contributed by atoms with E-state index in [9.17, 15) is 9.59 Å². The zero-order valence-electron chi connectivity index (χ0n) is 15.3. The number of amides is 1. The van der Waals surface area contributed by atoms with Crippen molar-refractivity contribution < 1.29 is 19.4 Å². The summed E-state index contributed by atoms with van der Waals surface area (Å²) in [6.07, 6.45) is 2.54. The Morgan fingerprint density at radius 1 is 1.19 bits per heavy atom. The third kappa shape index (κ3) is 6.59. The molecule has 0 spiro atoms. The number of carboxylic acid groups (broad SMARTS) is 1. The molecule has 2 N–H and O–H groups in total. The van der Waals surface area contributed by atoms with Crippen molar-refractivity contribution in [1.29, 1.82) is 0 Å². The minimum absolute atomic E-state index is 0. The monoisotopic (exact) mass is 384 g/mol. The van der Waals surface area contributed by atoms with E-state index < -0.39 is 5.97 Å². The van der Waals surface area contributed by atoms with Crippen molar-refractivity contribution in [2.24, 2.45) is 0 Å². The van der Waals surface area contributed by atoms with Crippen molar-refractivity contribution >= 4 is 24.3 Å². The van der Waals surface area contributed by atoms with Crippen molar-refractivity contribution in [3.05, 3.63) is 35.9 Å². The number of carbonyl (C=O) groups excluding carboxylic acids is 1. The normalized spacial score (nSPS) is 15.9. The van der Waals surface area contributed by atoms with E-state index >= 15 is 0 Å². The van der Waals surface area contributed by atoms with E-state index in [1.165, 1.54) is 5.56 Å². The van der Waals surface area contributed by atoms with Crippen LogP contribution in [0.1, 0.15) is 31.7 Å². The van der Waals surface area contributed by atoms with E-state index in [-0.39, 0.29) is 36.8 Å². The quantitative estimate of drug-likeness (QED) is 0.681. The van der Waals surface area contributed by atoms with E-state index in [2.05, 4.69) is 17.4 Å². The zero-order chi connectivity index (χ0) is 18.1. The Kier molecular flexibility index (Phi) is 9.62. The number of carboxylic acids is 1. The molecule has 7 heteroatoms. The summed E-state index contributed by atoms with van der Waals surface area (Å²) in [6.45, 7) is 4.49. The first-order valence-electron chi connectivity index (χ1n) is 8.90. The van der Waals surface area contributed by atoms with Crippen LogP contribution in [0.3, 0.4) is 0 Å². The molecule has 1 amide bonds. The number of halogens is 1. The first-order chi connectivity index (χ1) is 12.1. The van der Waals surface area contributed by atoms with Crippen LogP contribution in [0, 0.1) is 0 Å². The molecule has 0 unspecified atom stereocenters. The van der Waals surface area contributed by atoms with Gasteiger partial charge in [0.15, 0.2) is 0 Å². The highest BCUT2D eigenvalue weighted by atomic mass is 35.5. The van der Waals surface area contributed by atoms with Crippen LogP contribution in [-0.4, -0.2) is 61.3 Å². The first kappa shape index (κ1) is 22.4. The fraction of sp³-hybridized carbons (Fsp3) is 0.579. The summed E-state index contributed by atoms with van der Waals surface area (Å²) in [4.78, 5) is 24.9. The van der Waals surface area contributed by atoms with Gasteiger partial charge >= 0.3 is 5.97 Å². The van der Waals surface area contributed by atoms with Gasteiger partial charge < -0.3 is 15.2 Å². The number of nitrogens with one attached hydrogen (secondary N) is 1. The molecule has 0 aliphatic carbocycles. The molecule has 1 aromatic carbocycles. The highest BCUT2D eigenvalue weighted by Gasteiger charge is 2.34. The lowest BCUT2D eigenvalue weighted by atomic mass is 9.74. The Balaban J connectivity index is 0.00000338. The van der Waals surface area contributed by atoms with Gasteiger partial charge in [-0.1, -0.05) is 37.3 Å². The molecule has 1 aromatic rings. The predicted molar refractivity (Wildman–Crippen MR) is 103 cm³/mol. The van der Waals surface area contributed by atoms with Crippen molar-refractivity contribution in [2.75, 3.05) is 39.4 Å². The van der Waals surface area contributed by atoms with Gasteiger partial charge in [0, 0.05) is 25.2 Å². The second-order valence-corrected chi connectivity index (χ2v) is 6.64. The zero-order valence-corrected chi connectivity index (χ0v) is 16.1. The lowest BCUT2D eigenvalue weighted by molar-refractivity contribution is -0.138. The summed E-state index contributed by atoms with van der Waals surface area (Å²) in [5, 5.41) is 12.0. The number of rotatable bonds is 9. The maximum atomic E-state index is 12.3. The molecular weight excluding hydrogens is 356 g/mol. The summed E-state index contributed by atoms with van der Waals surface area (Å²) < 4.78 is 5.51. The summed E-state index contributed by atoms with van der Waals surface area (Å²) in [7, 11) is 0. The number of hydrogen-bond donors (Lipinski definition) is 2. The van der Waals surface area contributed by atoms with E-state index in [0.717, 1.165) is 19.3 Å². The molecule has 1 fully saturated rings. The van der Waals surface area contributed by atoms with Gasteiger partial charge in [-0.2, -0.15) is 0 Å². The minimum atomic E-state index is -0.911. The molecule has 26 heavy (non-hydrogen) atoms. The van der Waals surface area contributed by atoms with Crippen LogP contribution in [0.25, 0.3) is 0 Å². The van der Waals surface area contributed by atoms with Crippen LogP contribution in [-0.2, 0) is 19.7 Å². The van der Waals surface area contributed by atoms with Crippen LogP contribution in [0.4, 0.5) is 0 Å². The van der Waals surface area contributed by atoms with E-state index in [1.807, 2.05) is 25.1 Å². The van der Waals surface area contributed by atoms with Crippen LogP contribution in [0.2, 0.25) is 0 Å². The Hall–Kier alpha value is -1.63. The summed E-state index contributed by atoms with van der Waals surface area (Å²) in [5.41, 5.74) is 1.10. The number of nitrogens with zero attached hydrogens (tertiary/aromatic N) is 1. The lowest BCUT2D eigenvalue weighted by Gasteiger charge is -2.38. The third-order valence-electron chi connectivity index (χ3n) is 4.73. The molecule has 0 radical (unpaired) electrons. The molecule has 1 saturated heterocycles. The largest absolute Gasteiger partial charge is 0.480 e. The first-order valence-corrected chi connectivity index (χ1v) is 8.90. The molecule has 6 nitrogen and oxygen atoms in total. The highest BCUT2D eigenvalue weighted by Crippen LogP contribution is 2.34. The van der Waals surface area contributed by atoms with Gasteiger partial charge in [0.2, 0.25) is 5.91 Å². The maximum absolute atomic E-state index is 12.3. The summed E-state index contributed by atoms with van der Waals surface area (Å²) in [5.74, 6) is -1.04. The maximum Gasteiger partial charge on any atom is 0.317 e. The Morgan fingerprint density at radius 2 is 1.85 bits per heavy atom. The predicted octanol–water partition coefficient (Wildman–Crippen LogP) is 2.07. The minimum Gasteiger partial charge on any atom is -0.480 e. The molecule has 2 rings (SSSR count). The molecule has 1 aliphatic heterocycles. The van der Waals surface area contributed by atoms with Gasteiger partial charge in [-0.15, -0.1) is 12.4 Å². The number of ether oxygens (including phenoxy) is 1. The SMILES string of the molecule is CCCN(CC(=O)O)CC(=O)NCC1(c2ccccc2)CCOCC1.Cl. The van der Waals surface area contributed by atoms with E-state index in [0.29, 0.717) is 26.3 Å². The number of carbonyl (C=O) groups is 2. The second kappa shape index (κ2) is 11.2. The molecule has 146 valence electrons. The standard InChI is InChI=1S/C19H28N2O4.ClH/c1-2-10-21(14-18(23)24)13-17(22)20-15-19(8-11-25-12-9-19)16-6-4-3-5-7-16;/h3-7H,2,8-15H2,1H3,(H,20,22)(H,23,24);1H. The van der Waals surface area contributed by atoms with E-state index in [4.69, 9.17) is 9.84 Å². The Labute approximate surface area is 161 Å². The number of aliphatic carboxylic acids is 1. The van der Waals surface area contributed by atoms with Gasteiger partial charge in [0.05, 0.1) is 13.1 Å². The average molecular weight is 385 g/mol. The van der Waals surface area contributed by atoms with Crippen LogP contribution in [0.5, 0.6) is 0 Å². The van der Waals surface area contributed by atoms with Crippen LogP contribution >= 0.6 is 12.4 Å². The fourth-order valence-electron chi connectivity index (χ4n) is 3.37. The molecule has 1 heterocycles. The van der Waals surface area contributed by atoms with E-state index in [1.54, 1.807) is 4.90 Å². The highest BCUT2D eigenvalue weighted by molar-refractivity contribution is 5.85. The number of hydrogen-bond acceptors (Lipinski definition) is 4. The third-order valence-corrected chi connectivity index (χ3v) is 4.73.